The molecule has 0 aliphatic heterocycles. The molecule has 1 N–H and O–H groups in total. The standard InChI is InChI=1S/C10H14BrNO/c1-10(2,3)9(13)7-5-4-6-8(11)12-7/h4-6,9,13H,1-3H3/t9-/m1/s1. The third-order valence-corrected chi connectivity index (χ3v) is 2.28. The Balaban J connectivity index is 2.96. The Bertz CT molecular complexity index is 293. The van der Waals surface area contributed by atoms with Crippen molar-refractivity contribution in [1.29, 1.82) is 0 Å². The summed E-state index contributed by atoms with van der Waals surface area (Å²) in [5.74, 6) is 0. The number of nitrogens with zero attached hydrogens (tertiary/aromatic N) is 1. The van der Waals surface area contributed by atoms with Gasteiger partial charge >= 0.3 is 0 Å². The van der Waals surface area contributed by atoms with Crippen LogP contribution < -0.4 is 0 Å². The molecule has 3 heteroatoms. The first-order valence-corrected chi connectivity index (χ1v) is 5.01. The Morgan fingerprint density at radius 1 is 1.38 bits per heavy atom. The van der Waals surface area contributed by atoms with Gasteiger partial charge in [-0.2, -0.15) is 0 Å². The molecule has 0 aliphatic rings. The Hall–Kier alpha value is -0.410. The minimum absolute atomic E-state index is 0.173. The van der Waals surface area contributed by atoms with E-state index in [1.54, 1.807) is 0 Å². The average Bonchev–Trinajstić information content (AvgIpc) is 2.01. The van der Waals surface area contributed by atoms with Crippen molar-refractivity contribution >= 4 is 15.9 Å². The SMILES string of the molecule is CC(C)(C)[C@H](O)c1cccc(Br)n1. The molecular weight excluding hydrogens is 230 g/mol. The zero-order valence-corrected chi connectivity index (χ0v) is 9.67. The fourth-order valence-electron chi connectivity index (χ4n) is 1.02. The normalized spacial score (nSPS) is 14.2. The first-order valence-electron chi connectivity index (χ1n) is 4.22. The van der Waals surface area contributed by atoms with Crippen LogP contribution in [0.5, 0.6) is 0 Å². The maximum absolute atomic E-state index is 9.90. The summed E-state index contributed by atoms with van der Waals surface area (Å²) in [5, 5.41) is 9.90. The fourth-order valence-corrected chi connectivity index (χ4v) is 1.38. The molecule has 1 aromatic heterocycles. The van der Waals surface area contributed by atoms with Crippen LogP contribution in [-0.4, -0.2) is 10.1 Å². The predicted octanol–water partition coefficient (Wildman–Crippen LogP) is 2.92. The largest absolute Gasteiger partial charge is 0.386 e. The van der Waals surface area contributed by atoms with E-state index in [2.05, 4.69) is 20.9 Å². The van der Waals surface area contributed by atoms with Gasteiger partial charge in [0.25, 0.3) is 0 Å². The summed E-state index contributed by atoms with van der Waals surface area (Å²) in [4.78, 5) is 4.21. The first kappa shape index (κ1) is 10.7. The third kappa shape index (κ3) is 2.78. The topological polar surface area (TPSA) is 33.1 Å². The second-order valence-electron chi connectivity index (χ2n) is 4.15. The molecule has 0 bridgehead atoms. The summed E-state index contributed by atoms with van der Waals surface area (Å²) in [6.45, 7) is 5.96. The number of rotatable bonds is 1. The molecule has 1 heterocycles. The number of hydrogen-bond donors (Lipinski definition) is 1. The van der Waals surface area contributed by atoms with Gasteiger partial charge in [-0.3, -0.25) is 0 Å². The highest BCUT2D eigenvalue weighted by atomic mass is 79.9. The molecule has 1 atom stereocenters. The first-order chi connectivity index (χ1) is 5.91. The van der Waals surface area contributed by atoms with E-state index in [9.17, 15) is 5.11 Å². The highest BCUT2D eigenvalue weighted by Gasteiger charge is 2.24. The number of aliphatic hydroxyl groups excluding tert-OH is 1. The molecule has 1 aromatic rings. The maximum Gasteiger partial charge on any atom is 0.106 e. The molecule has 72 valence electrons. The highest BCUT2D eigenvalue weighted by molar-refractivity contribution is 9.10. The summed E-state index contributed by atoms with van der Waals surface area (Å²) in [7, 11) is 0. The number of aromatic nitrogens is 1. The zero-order chi connectivity index (χ0) is 10.1. The molecule has 0 amide bonds. The summed E-state index contributed by atoms with van der Waals surface area (Å²) < 4.78 is 0.758. The molecule has 13 heavy (non-hydrogen) atoms. The van der Waals surface area contributed by atoms with Gasteiger partial charge in [0.15, 0.2) is 0 Å². The van der Waals surface area contributed by atoms with Crippen molar-refractivity contribution < 1.29 is 5.11 Å². The van der Waals surface area contributed by atoms with E-state index in [1.807, 2.05) is 39.0 Å². The summed E-state index contributed by atoms with van der Waals surface area (Å²) in [5.41, 5.74) is 0.537. The van der Waals surface area contributed by atoms with Crippen molar-refractivity contribution in [2.75, 3.05) is 0 Å². The van der Waals surface area contributed by atoms with Crippen molar-refractivity contribution in [3.63, 3.8) is 0 Å². The van der Waals surface area contributed by atoms with Crippen LogP contribution in [0, 0.1) is 5.41 Å². The van der Waals surface area contributed by atoms with Crippen LogP contribution in [0.3, 0.4) is 0 Å². The molecule has 0 saturated heterocycles. The van der Waals surface area contributed by atoms with E-state index >= 15 is 0 Å². The van der Waals surface area contributed by atoms with Crippen molar-refractivity contribution in [2.24, 2.45) is 5.41 Å². The van der Waals surface area contributed by atoms with Crippen LogP contribution in [0.25, 0.3) is 0 Å². The monoisotopic (exact) mass is 243 g/mol. The zero-order valence-electron chi connectivity index (χ0n) is 8.08. The van der Waals surface area contributed by atoms with Crippen LogP contribution in [0.2, 0.25) is 0 Å². The molecule has 0 aromatic carbocycles. The van der Waals surface area contributed by atoms with Gasteiger partial charge in [-0.05, 0) is 33.5 Å². The Kier molecular flexibility index (Phi) is 3.09. The van der Waals surface area contributed by atoms with Gasteiger partial charge < -0.3 is 5.11 Å². The number of pyridine rings is 1. The van der Waals surface area contributed by atoms with Crippen LogP contribution in [-0.2, 0) is 0 Å². The molecule has 0 fully saturated rings. The third-order valence-electron chi connectivity index (χ3n) is 1.84. The van der Waals surface area contributed by atoms with Gasteiger partial charge in [0.05, 0.1) is 5.69 Å². The minimum Gasteiger partial charge on any atom is -0.386 e. The van der Waals surface area contributed by atoms with E-state index in [1.165, 1.54) is 0 Å². The van der Waals surface area contributed by atoms with Gasteiger partial charge in [-0.25, -0.2) is 4.98 Å². The molecule has 1 rings (SSSR count). The highest BCUT2D eigenvalue weighted by Crippen LogP contribution is 2.31. The molecule has 0 aliphatic carbocycles. The lowest BCUT2D eigenvalue weighted by molar-refractivity contribution is 0.0588. The van der Waals surface area contributed by atoms with Gasteiger partial charge in [0, 0.05) is 0 Å². The molecule has 2 nitrogen and oxygen atoms in total. The molecular formula is C10H14BrNO. The summed E-state index contributed by atoms with van der Waals surface area (Å²) >= 11 is 3.27. The lowest BCUT2D eigenvalue weighted by Gasteiger charge is -2.25. The Labute approximate surface area is 87.1 Å². The Morgan fingerprint density at radius 2 is 2.00 bits per heavy atom. The van der Waals surface area contributed by atoms with Gasteiger partial charge in [0.1, 0.15) is 10.7 Å². The van der Waals surface area contributed by atoms with Crippen LogP contribution in [0.15, 0.2) is 22.8 Å². The molecule has 0 saturated carbocycles. The van der Waals surface area contributed by atoms with Crippen LogP contribution >= 0.6 is 15.9 Å². The second-order valence-corrected chi connectivity index (χ2v) is 4.97. The van der Waals surface area contributed by atoms with Gasteiger partial charge in [-0.1, -0.05) is 26.8 Å². The van der Waals surface area contributed by atoms with E-state index in [0.717, 1.165) is 4.60 Å². The van der Waals surface area contributed by atoms with Crippen LogP contribution in [0.1, 0.15) is 32.6 Å². The molecule has 0 spiro atoms. The predicted molar refractivity (Wildman–Crippen MR) is 56.4 cm³/mol. The van der Waals surface area contributed by atoms with Gasteiger partial charge in [0.2, 0.25) is 0 Å². The van der Waals surface area contributed by atoms with E-state index in [0.29, 0.717) is 5.69 Å². The lowest BCUT2D eigenvalue weighted by atomic mass is 9.87. The average molecular weight is 244 g/mol. The van der Waals surface area contributed by atoms with E-state index in [-0.39, 0.29) is 5.41 Å². The van der Waals surface area contributed by atoms with E-state index < -0.39 is 6.10 Å². The van der Waals surface area contributed by atoms with Crippen molar-refractivity contribution in [3.8, 4) is 0 Å². The minimum atomic E-state index is -0.523. The second kappa shape index (κ2) is 3.76. The lowest BCUT2D eigenvalue weighted by Crippen LogP contribution is -2.18. The number of hydrogen-bond acceptors (Lipinski definition) is 2. The number of halogens is 1. The number of aliphatic hydroxyl groups is 1. The fraction of sp³-hybridized carbons (Fsp3) is 0.500. The molecule has 0 radical (unpaired) electrons. The van der Waals surface area contributed by atoms with Crippen molar-refractivity contribution in [3.05, 3.63) is 28.5 Å². The Morgan fingerprint density at radius 3 is 2.46 bits per heavy atom. The van der Waals surface area contributed by atoms with E-state index in [4.69, 9.17) is 0 Å². The summed E-state index contributed by atoms with van der Waals surface area (Å²) in [6.07, 6.45) is -0.523. The van der Waals surface area contributed by atoms with Crippen molar-refractivity contribution in [2.45, 2.75) is 26.9 Å². The maximum atomic E-state index is 9.90. The summed E-state index contributed by atoms with van der Waals surface area (Å²) in [6, 6.07) is 5.56. The van der Waals surface area contributed by atoms with Gasteiger partial charge in [-0.15, -0.1) is 0 Å². The van der Waals surface area contributed by atoms with Crippen molar-refractivity contribution in [1.82, 2.24) is 4.98 Å². The quantitative estimate of drug-likeness (QED) is 0.770. The van der Waals surface area contributed by atoms with Crippen LogP contribution in [0.4, 0.5) is 0 Å². The smallest absolute Gasteiger partial charge is 0.106 e. The molecule has 0 unspecified atom stereocenters.